The largest absolute Gasteiger partial charge is 0.507 e. The van der Waals surface area contributed by atoms with E-state index in [0.29, 0.717) is 30.5 Å². The van der Waals surface area contributed by atoms with Crippen molar-refractivity contribution >= 4 is 17.5 Å². The molecule has 4 heteroatoms. The molecule has 0 saturated carbocycles. The highest BCUT2D eigenvalue weighted by Gasteiger charge is 2.14. The van der Waals surface area contributed by atoms with E-state index < -0.39 is 0 Å². The smallest absolute Gasteiger partial charge is 0.220 e. The number of halogens is 1. The molecule has 1 aliphatic rings. The molecule has 2 rings (SSSR count). The van der Waals surface area contributed by atoms with Gasteiger partial charge in [0.05, 0.1) is 12.1 Å². The molecule has 0 aromatic heterocycles. The van der Waals surface area contributed by atoms with Crippen molar-refractivity contribution in [3.05, 3.63) is 29.3 Å². The number of nitrogens with zero attached hydrogens (tertiary/aromatic N) is 1. The van der Waals surface area contributed by atoms with E-state index in [9.17, 15) is 5.11 Å². The normalized spacial score (nSPS) is 15.1. The van der Waals surface area contributed by atoms with E-state index in [1.54, 1.807) is 18.2 Å². The molecular formula is C10H10ClNO2. The number of alkyl halides is 1. The number of phenolic OH excluding ortho intramolecular Hbond substituents is 1. The van der Waals surface area contributed by atoms with E-state index in [4.69, 9.17) is 16.3 Å². The van der Waals surface area contributed by atoms with Gasteiger partial charge in [-0.2, -0.15) is 0 Å². The van der Waals surface area contributed by atoms with E-state index in [2.05, 4.69) is 4.99 Å². The van der Waals surface area contributed by atoms with Gasteiger partial charge in [0.15, 0.2) is 0 Å². The molecule has 0 unspecified atom stereocenters. The summed E-state index contributed by atoms with van der Waals surface area (Å²) in [5.74, 6) is 1.11. The lowest BCUT2D eigenvalue weighted by Gasteiger charge is -2.05. The average molecular weight is 212 g/mol. The van der Waals surface area contributed by atoms with Gasteiger partial charge in [-0.1, -0.05) is 6.07 Å². The molecule has 0 fully saturated rings. The van der Waals surface area contributed by atoms with Crippen LogP contribution >= 0.6 is 11.6 Å². The summed E-state index contributed by atoms with van der Waals surface area (Å²) in [6.45, 7) is 1.24. The van der Waals surface area contributed by atoms with Crippen molar-refractivity contribution in [2.24, 2.45) is 4.99 Å². The second-order valence-electron chi connectivity index (χ2n) is 3.02. The maximum atomic E-state index is 9.59. The van der Waals surface area contributed by atoms with Crippen LogP contribution in [-0.4, -0.2) is 24.2 Å². The van der Waals surface area contributed by atoms with Crippen LogP contribution in [0.25, 0.3) is 0 Å². The maximum Gasteiger partial charge on any atom is 0.220 e. The summed E-state index contributed by atoms with van der Waals surface area (Å²) in [5, 5.41) is 9.59. The lowest BCUT2D eigenvalue weighted by atomic mass is 10.1. The summed E-state index contributed by atoms with van der Waals surface area (Å²) in [7, 11) is 0. The highest BCUT2D eigenvalue weighted by molar-refractivity contribution is 6.17. The molecular weight excluding hydrogens is 202 g/mol. The minimum absolute atomic E-state index is 0.180. The van der Waals surface area contributed by atoms with Crippen molar-refractivity contribution in [1.29, 1.82) is 0 Å². The second kappa shape index (κ2) is 3.88. The monoisotopic (exact) mass is 211 g/mol. The Labute approximate surface area is 87.0 Å². The van der Waals surface area contributed by atoms with Gasteiger partial charge in [-0.25, -0.2) is 4.99 Å². The van der Waals surface area contributed by atoms with Crippen molar-refractivity contribution in [2.75, 3.05) is 13.2 Å². The van der Waals surface area contributed by atoms with Crippen molar-refractivity contribution in [3.63, 3.8) is 0 Å². The number of phenols is 1. The molecule has 1 aromatic rings. The number of ether oxygens (including phenoxy) is 1. The van der Waals surface area contributed by atoms with Gasteiger partial charge >= 0.3 is 0 Å². The molecule has 0 amide bonds. The number of aromatic hydroxyl groups is 1. The summed E-state index contributed by atoms with van der Waals surface area (Å²) < 4.78 is 5.27. The van der Waals surface area contributed by atoms with Gasteiger partial charge < -0.3 is 9.84 Å². The molecule has 0 atom stereocenters. The Balaban J connectivity index is 2.40. The molecule has 3 nitrogen and oxygen atoms in total. The van der Waals surface area contributed by atoms with Gasteiger partial charge in [0.1, 0.15) is 12.4 Å². The van der Waals surface area contributed by atoms with E-state index in [1.165, 1.54) is 0 Å². The first-order chi connectivity index (χ1) is 6.81. The fourth-order valence-electron chi connectivity index (χ4n) is 1.34. The van der Waals surface area contributed by atoms with Crippen LogP contribution in [0.4, 0.5) is 0 Å². The summed E-state index contributed by atoms with van der Waals surface area (Å²) in [5.41, 5.74) is 1.57. The Kier molecular flexibility index (Phi) is 2.59. The lowest BCUT2D eigenvalue weighted by molar-refractivity contribution is 0.346. The molecule has 0 aliphatic carbocycles. The zero-order chi connectivity index (χ0) is 9.97. The van der Waals surface area contributed by atoms with Crippen molar-refractivity contribution in [1.82, 2.24) is 0 Å². The van der Waals surface area contributed by atoms with Crippen LogP contribution in [-0.2, 0) is 10.6 Å². The molecule has 74 valence electrons. The first-order valence-corrected chi connectivity index (χ1v) is 4.90. The highest BCUT2D eigenvalue weighted by Crippen LogP contribution is 2.22. The third-order valence-electron chi connectivity index (χ3n) is 2.03. The van der Waals surface area contributed by atoms with Crippen molar-refractivity contribution in [3.8, 4) is 5.75 Å². The predicted molar refractivity (Wildman–Crippen MR) is 55.0 cm³/mol. The van der Waals surface area contributed by atoms with Gasteiger partial charge in [-0.3, -0.25) is 0 Å². The molecule has 0 bridgehead atoms. The van der Waals surface area contributed by atoms with Crippen LogP contribution in [0.1, 0.15) is 11.1 Å². The fraction of sp³-hybridized carbons (Fsp3) is 0.300. The average Bonchev–Trinajstić information content (AvgIpc) is 2.71. The summed E-state index contributed by atoms with van der Waals surface area (Å²) in [6.07, 6.45) is 0. The topological polar surface area (TPSA) is 41.8 Å². The van der Waals surface area contributed by atoms with Crippen LogP contribution in [0.15, 0.2) is 23.2 Å². The van der Waals surface area contributed by atoms with Crippen LogP contribution < -0.4 is 0 Å². The predicted octanol–water partition coefficient (Wildman–Crippen LogP) is 1.91. The minimum Gasteiger partial charge on any atom is -0.507 e. The number of hydrogen-bond acceptors (Lipinski definition) is 3. The standard InChI is InChI=1S/C10H10ClNO2/c11-6-7-1-2-9(13)8(5-7)10-12-3-4-14-10/h1-2,5,13H,3-4,6H2. The number of benzene rings is 1. The van der Waals surface area contributed by atoms with Gasteiger partial charge in [0.2, 0.25) is 5.90 Å². The molecule has 1 aromatic carbocycles. The molecule has 14 heavy (non-hydrogen) atoms. The van der Waals surface area contributed by atoms with Gasteiger partial charge in [-0.05, 0) is 17.7 Å². The molecule has 0 spiro atoms. The van der Waals surface area contributed by atoms with E-state index in [0.717, 1.165) is 5.56 Å². The number of rotatable bonds is 2. The van der Waals surface area contributed by atoms with Gasteiger partial charge in [-0.15, -0.1) is 11.6 Å². The molecule has 0 saturated heterocycles. The molecule has 1 N–H and O–H groups in total. The molecule has 1 aliphatic heterocycles. The van der Waals surface area contributed by atoms with Crippen LogP contribution in [0.5, 0.6) is 5.75 Å². The Morgan fingerprint density at radius 3 is 3.00 bits per heavy atom. The molecule has 0 radical (unpaired) electrons. The first-order valence-electron chi connectivity index (χ1n) is 4.37. The van der Waals surface area contributed by atoms with Crippen LogP contribution in [0.2, 0.25) is 0 Å². The van der Waals surface area contributed by atoms with Crippen molar-refractivity contribution < 1.29 is 9.84 Å². The number of hydrogen-bond donors (Lipinski definition) is 1. The third kappa shape index (κ3) is 1.68. The zero-order valence-electron chi connectivity index (χ0n) is 7.53. The lowest BCUT2D eigenvalue weighted by Crippen LogP contribution is -2.02. The summed E-state index contributed by atoms with van der Waals surface area (Å²) >= 11 is 5.70. The zero-order valence-corrected chi connectivity index (χ0v) is 8.29. The maximum absolute atomic E-state index is 9.59. The Morgan fingerprint density at radius 2 is 2.36 bits per heavy atom. The third-order valence-corrected chi connectivity index (χ3v) is 2.34. The quantitative estimate of drug-likeness (QED) is 0.760. The SMILES string of the molecule is Oc1ccc(CCl)cc1C1=NCCO1. The first kappa shape index (κ1) is 9.34. The highest BCUT2D eigenvalue weighted by atomic mass is 35.5. The Morgan fingerprint density at radius 1 is 1.50 bits per heavy atom. The Hall–Kier alpha value is -1.22. The van der Waals surface area contributed by atoms with Gasteiger partial charge in [0, 0.05) is 5.88 Å². The summed E-state index contributed by atoms with van der Waals surface area (Å²) in [4.78, 5) is 4.13. The van der Waals surface area contributed by atoms with Crippen LogP contribution in [0, 0.1) is 0 Å². The van der Waals surface area contributed by atoms with Crippen LogP contribution in [0.3, 0.4) is 0 Å². The fourth-order valence-corrected chi connectivity index (χ4v) is 1.50. The Bertz CT molecular complexity index is 376. The molecule has 1 heterocycles. The minimum atomic E-state index is 0.180. The van der Waals surface area contributed by atoms with Crippen molar-refractivity contribution in [2.45, 2.75) is 5.88 Å². The second-order valence-corrected chi connectivity index (χ2v) is 3.29. The van der Waals surface area contributed by atoms with E-state index in [1.807, 2.05) is 0 Å². The van der Waals surface area contributed by atoms with E-state index in [-0.39, 0.29) is 5.75 Å². The van der Waals surface area contributed by atoms with Gasteiger partial charge in [0.25, 0.3) is 0 Å². The number of aliphatic imine (C=N–C) groups is 1. The van der Waals surface area contributed by atoms with E-state index >= 15 is 0 Å². The summed E-state index contributed by atoms with van der Waals surface area (Å²) in [6, 6.07) is 5.19.